The SMILES string of the molecule is CC(=O)C1(c2ccc(F)c(C)c2)COC1. The Kier molecular flexibility index (Phi) is 2.35. The highest BCUT2D eigenvalue weighted by Gasteiger charge is 2.44. The van der Waals surface area contributed by atoms with E-state index in [0.29, 0.717) is 18.8 Å². The number of carbonyl (C=O) groups is 1. The van der Waals surface area contributed by atoms with Crippen LogP contribution in [0.4, 0.5) is 4.39 Å². The van der Waals surface area contributed by atoms with Gasteiger partial charge in [0, 0.05) is 0 Å². The molecule has 15 heavy (non-hydrogen) atoms. The highest BCUT2D eigenvalue weighted by atomic mass is 19.1. The summed E-state index contributed by atoms with van der Waals surface area (Å²) in [6, 6.07) is 4.82. The topological polar surface area (TPSA) is 26.3 Å². The first-order valence-corrected chi connectivity index (χ1v) is 4.92. The lowest BCUT2D eigenvalue weighted by Crippen LogP contribution is -2.52. The van der Waals surface area contributed by atoms with E-state index in [1.54, 1.807) is 26.0 Å². The molecule has 0 aliphatic carbocycles. The second-order valence-corrected chi connectivity index (χ2v) is 4.10. The molecule has 0 atom stereocenters. The van der Waals surface area contributed by atoms with E-state index in [1.807, 2.05) is 0 Å². The Morgan fingerprint density at radius 3 is 2.53 bits per heavy atom. The van der Waals surface area contributed by atoms with Crippen LogP contribution in [0.3, 0.4) is 0 Å². The van der Waals surface area contributed by atoms with Gasteiger partial charge < -0.3 is 4.74 Å². The van der Waals surface area contributed by atoms with E-state index in [9.17, 15) is 9.18 Å². The summed E-state index contributed by atoms with van der Waals surface area (Å²) >= 11 is 0. The molecule has 0 saturated carbocycles. The normalized spacial score (nSPS) is 18.3. The molecule has 0 unspecified atom stereocenters. The molecular weight excluding hydrogens is 195 g/mol. The van der Waals surface area contributed by atoms with E-state index in [2.05, 4.69) is 0 Å². The average Bonchev–Trinajstić information content (AvgIpc) is 2.08. The van der Waals surface area contributed by atoms with Crippen molar-refractivity contribution in [3.8, 4) is 0 Å². The van der Waals surface area contributed by atoms with Gasteiger partial charge in [-0.15, -0.1) is 0 Å². The first kappa shape index (κ1) is 10.3. The van der Waals surface area contributed by atoms with Crippen molar-refractivity contribution in [1.29, 1.82) is 0 Å². The molecule has 0 amide bonds. The number of aryl methyl sites for hydroxylation is 1. The van der Waals surface area contributed by atoms with Gasteiger partial charge in [0.2, 0.25) is 0 Å². The molecule has 1 aromatic rings. The fourth-order valence-electron chi connectivity index (χ4n) is 1.82. The number of halogens is 1. The van der Waals surface area contributed by atoms with Crippen LogP contribution in [0.2, 0.25) is 0 Å². The monoisotopic (exact) mass is 208 g/mol. The third kappa shape index (κ3) is 1.47. The molecule has 2 nitrogen and oxygen atoms in total. The van der Waals surface area contributed by atoms with E-state index in [-0.39, 0.29) is 11.6 Å². The number of benzene rings is 1. The first-order chi connectivity index (χ1) is 7.06. The van der Waals surface area contributed by atoms with Crippen LogP contribution < -0.4 is 0 Å². The van der Waals surface area contributed by atoms with Gasteiger partial charge in [-0.05, 0) is 31.0 Å². The third-order valence-corrected chi connectivity index (χ3v) is 3.08. The summed E-state index contributed by atoms with van der Waals surface area (Å²) in [4.78, 5) is 11.6. The van der Waals surface area contributed by atoms with E-state index in [4.69, 9.17) is 4.74 Å². The summed E-state index contributed by atoms with van der Waals surface area (Å²) in [6.07, 6.45) is 0. The number of carbonyl (C=O) groups excluding carboxylic acids is 1. The minimum Gasteiger partial charge on any atom is -0.378 e. The number of ether oxygens (including phenoxy) is 1. The number of Topliss-reactive ketones (excluding diaryl/α,β-unsaturated/α-hetero) is 1. The first-order valence-electron chi connectivity index (χ1n) is 4.92. The Morgan fingerprint density at radius 2 is 2.13 bits per heavy atom. The fraction of sp³-hybridized carbons (Fsp3) is 0.417. The number of ketones is 1. The minimum atomic E-state index is -0.529. The zero-order valence-corrected chi connectivity index (χ0v) is 8.84. The Morgan fingerprint density at radius 1 is 1.47 bits per heavy atom. The zero-order chi connectivity index (χ0) is 11.1. The second kappa shape index (κ2) is 3.42. The Hall–Kier alpha value is -1.22. The lowest BCUT2D eigenvalue weighted by Gasteiger charge is -2.39. The molecule has 2 rings (SSSR count). The quantitative estimate of drug-likeness (QED) is 0.743. The van der Waals surface area contributed by atoms with Crippen LogP contribution in [-0.2, 0) is 14.9 Å². The van der Waals surface area contributed by atoms with Crippen LogP contribution in [-0.4, -0.2) is 19.0 Å². The van der Waals surface area contributed by atoms with Gasteiger partial charge in [-0.3, -0.25) is 4.79 Å². The van der Waals surface area contributed by atoms with E-state index < -0.39 is 5.41 Å². The molecule has 0 spiro atoms. The molecule has 1 heterocycles. The van der Waals surface area contributed by atoms with Crippen molar-refractivity contribution in [2.45, 2.75) is 19.3 Å². The van der Waals surface area contributed by atoms with Crippen LogP contribution in [0.25, 0.3) is 0 Å². The number of hydrogen-bond acceptors (Lipinski definition) is 2. The molecule has 1 saturated heterocycles. The molecule has 0 radical (unpaired) electrons. The van der Waals surface area contributed by atoms with Crippen LogP contribution in [0.15, 0.2) is 18.2 Å². The van der Waals surface area contributed by atoms with Crippen LogP contribution in [0, 0.1) is 12.7 Å². The molecule has 0 N–H and O–H groups in total. The van der Waals surface area contributed by atoms with Crippen LogP contribution in [0.1, 0.15) is 18.1 Å². The number of hydrogen-bond donors (Lipinski definition) is 0. The summed E-state index contributed by atoms with van der Waals surface area (Å²) in [5.74, 6) is -0.155. The fourth-order valence-corrected chi connectivity index (χ4v) is 1.82. The summed E-state index contributed by atoms with van der Waals surface area (Å²) in [5, 5.41) is 0. The molecule has 0 aromatic heterocycles. The minimum absolute atomic E-state index is 0.0831. The van der Waals surface area contributed by atoms with Gasteiger partial charge in [0.05, 0.1) is 13.2 Å². The Balaban J connectivity index is 2.44. The van der Waals surface area contributed by atoms with Gasteiger partial charge in [-0.25, -0.2) is 4.39 Å². The molecule has 1 fully saturated rings. The van der Waals surface area contributed by atoms with Crippen LogP contribution >= 0.6 is 0 Å². The standard InChI is InChI=1S/C12H13FO2/c1-8-5-10(3-4-11(8)13)12(9(2)14)6-15-7-12/h3-5H,6-7H2,1-2H3. The van der Waals surface area contributed by atoms with Crippen molar-refractivity contribution in [1.82, 2.24) is 0 Å². The second-order valence-electron chi connectivity index (χ2n) is 4.10. The summed E-state index contributed by atoms with van der Waals surface area (Å²) in [5.41, 5.74) is 0.901. The van der Waals surface area contributed by atoms with Crippen molar-refractivity contribution < 1.29 is 13.9 Å². The highest BCUT2D eigenvalue weighted by molar-refractivity contribution is 5.89. The molecule has 3 heteroatoms. The Labute approximate surface area is 88.1 Å². The van der Waals surface area contributed by atoms with Crippen molar-refractivity contribution in [3.05, 3.63) is 35.1 Å². The maximum Gasteiger partial charge on any atom is 0.145 e. The van der Waals surface area contributed by atoms with Gasteiger partial charge in [0.1, 0.15) is 17.0 Å². The summed E-state index contributed by atoms with van der Waals surface area (Å²) < 4.78 is 18.2. The predicted octanol–water partition coefficient (Wildman–Crippen LogP) is 1.99. The lowest BCUT2D eigenvalue weighted by atomic mass is 9.75. The van der Waals surface area contributed by atoms with E-state index >= 15 is 0 Å². The van der Waals surface area contributed by atoms with Gasteiger partial charge in [-0.1, -0.05) is 12.1 Å². The van der Waals surface area contributed by atoms with Gasteiger partial charge >= 0.3 is 0 Å². The van der Waals surface area contributed by atoms with E-state index in [1.165, 1.54) is 6.07 Å². The molecule has 1 aliphatic rings. The van der Waals surface area contributed by atoms with Gasteiger partial charge in [0.15, 0.2) is 0 Å². The van der Waals surface area contributed by atoms with Crippen molar-refractivity contribution in [3.63, 3.8) is 0 Å². The molecular formula is C12H13FO2. The summed E-state index contributed by atoms with van der Waals surface area (Å²) in [7, 11) is 0. The van der Waals surface area contributed by atoms with Crippen LogP contribution in [0.5, 0.6) is 0 Å². The maximum absolute atomic E-state index is 13.1. The maximum atomic E-state index is 13.1. The zero-order valence-electron chi connectivity index (χ0n) is 8.84. The van der Waals surface area contributed by atoms with E-state index in [0.717, 1.165) is 5.56 Å². The smallest absolute Gasteiger partial charge is 0.145 e. The molecule has 1 aliphatic heterocycles. The third-order valence-electron chi connectivity index (χ3n) is 3.08. The highest BCUT2D eigenvalue weighted by Crippen LogP contribution is 2.34. The van der Waals surface area contributed by atoms with Gasteiger partial charge in [0.25, 0.3) is 0 Å². The van der Waals surface area contributed by atoms with Crippen molar-refractivity contribution >= 4 is 5.78 Å². The molecule has 0 bridgehead atoms. The van der Waals surface area contributed by atoms with Gasteiger partial charge in [-0.2, -0.15) is 0 Å². The molecule has 80 valence electrons. The molecule has 1 aromatic carbocycles. The largest absolute Gasteiger partial charge is 0.378 e. The number of rotatable bonds is 2. The predicted molar refractivity (Wildman–Crippen MR) is 54.3 cm³/mol. The average molecular weight is 208 g/mol. The Bertz CT molecular complexity index is 408. The summed E-state index contributed by atoms with van der Waals surface area (Å²) in [6.45, 7) is 4.08. The van der Waals surface area contributed by atoms with Crippen molar-refractivity contribution in [2.75, 3.05) is 13.2 Å². The van der Waals surface area contributed by atoms with Crippen molar-refractivity contribution in [2.24, 2.45) is 0 Å². The lowest BCUT2D eigenvalue weighted by molar-refractivity contribution is -0.140.